The molecular formula is C16H11F3N4O. The first-order valence-electron chi connectivity index (χ1n) is 6.88. The second-order valence-electron chi connectivity index (χ2n) is 4.91. The number of rotatable bonds is 3. The largest absolute Gasteiger partial charge is 0.433 e. The molecule has 0 saturated carbocycles. The number of halogens is 3. The number of aromatic amines is 1. The third-order valence-electron chi connectivity index (χ3n) is 3.18. The second kappa shape index (κ2) is 6.15. The van der Waals surface area contributed by atoms with E-state index in [9.17, 15) is 18.0 Å². The molecule has 0 aliphatic heterocycles. The number of nitrogens with one attached hydrogen (secondary N) is 2. The Morgan fingerprint density at radius 1 is 1.04 bits per heavy atom. The number of hydrogen-bond acceptors (Lipinski definition) is 4. The Hall–Kier alpha value is -3.16. The molecule has 0 unspecified atom stereocenters. The van der Waals surface area contributed by atoms with Crippen LogP contribution in [0.3, 0.4) is 0 Å². The van der Waals surface area contributed by atoms with Gasteiger partial charge in [0.15, 0.2) is 0 Å². The van der Waals surface area contributed by atoms with Crippen molar-refractivity contribution in [2.24, 2.45) is 0 Å². The minimum Gasteiger partial charge on any atom is -0.328 e. The van der Waals surface area contributed by atoms with Crippen molar-refractivity contribution in [3.05, 3.63) is 70.9 Å². The predicted molar refractivity (Wildman–Crippen MR) is 82.8 cm³/mol. The molecule has 2 aromatic heterocycles. The molecule has 3 rings (SSSR count). The van der Waals surface area contributed by atoms with Crippen molar-refractivity contribution >= 4 is 11.6 Å². The number of H-pyrrole nitrogens is 1. The monoisotopic (exact) mass is 332 g/mol. The number of nitrogens with zero attached hydrogens (tertiary/aromatic N) is 2. The molecule has 0 amide bonds. The van der Waals surface area contributed by atoms with Crippen LogP contribution in [-0.4, -0.2) is 15.0 Å². The SMILES string of the molecule is O=c1ccc(-c2cccc(Nc3nccc(C(F)(F)F)n3)c2)c[nH]1. The Morgan fingerprint density at radius 2 is 1.88 bits per heavy atom. The fourth-order valence-electron chi connectivity index (χ4n) is 2.07. The highest BCUT2D eigenvalue weighted by Crippen LogP contribution is 2.28. The van der Waals surface area contributed by atoms with E-state index in [0.717, 1.165) is 23.4 Å². The molecular weight excluding hydrogens is 321 g/mol. The lowest BCUT2D eigenvalue weighted by Crippen LogP contribution is -2.10. The summed E-state index contributed by atoms with van der Waals surface area (Å²) < 4.78 is 38.0. The van der Waals surface area contributed by atoms with Crippen LogP contribution in [0.5, 0.6) is 0 Å². The molecule has 2 heterocycles. The Bertz CT molecular complexity index is 901. The van der Waals surface area contributed by atoms with E-state index in [1.54, 1.807) is 30.5 Å². The van der Waals surface area contributed by atoms with Crippen LogP contribution in [0.1, 0.15) is 5.69 Å². The summed E-state index contributed by atoms with van der Waals surface area (Å²) in [5.41, 5.74) is 0.839. The van der Waals surface area contributed by atoms with E-state index in [1.165, 1.54) is 6.07 Å². The first kappa shape index (κ1) is 15.7. The fourth-order valence-corrected chi connectivity index (χ4v) is 2.07. The molecule has 0 aliphatic rings. The molecule has 0 saturated heterocycles. The summed E-state index contributed by atoms with van der Waals surface area (Å²) in [5.74, 6) is -0.150. The van der Waals surface area contributed by atoms with E-state index in [1.807, 2.05) is 6.07 Å². The molecule has 0 aliphatic carbocycles. The molecule has 0 spiro atoms. The van der Waals surface area contributed by atoms with Crippen molar-refractivity contribution in [1.29, 1.82) is 0 Å². The Labute approximate surface area is 134 Å². The van der Waals surface area contributed by atoms with Gasteiger partial charge < -0.3 is 10.3 Å². The van der Waals surface area contributed by atoms with E-state index >= 15 is 0 Å². The number of benzene rings is 1. The molecule has 24 heavy (non-hydrogen) atoms. The van der Waals surface area contributed by atoms with E-state index < -0.39 is 11.9 Å². The van der Waals surface area contributed by atoms with Gasteiger partial charge in [-0.3, -0.25) is 4.79 Å². The van der Waals surface area contributed by atoms with E-state index in [2.05, 4.69) is 20.3 Å². The quantitative estimate of drug-likeness (QED) is 0.769. The zero-order chi connectivity index (χ0) is 17.2. The van der Waals surface area contributed by atoms with Gasteiger partial charge in [0.2, 0.25) is 11.5 Å². The smallest absolute Gasteiger partial charge is 0.328 e. The van der Waals surface area contributed by atoms with Gasteiger partial charge in [-0.1, -0.05) is 12.1 Å². The number of aromatic nitrogens is 3. The van der Waals surface area contributed by atoms with Crippen LogP contribution in [0.2, 0.25) is 0 Å². The standard InChI is InChI=1S/C16H11F3N4O/c17-16(18,19)13-6-7-20-15(23-13)22-12-3-1-2-10(8-12)11-4-5-14(24)21-9-11/h1-9H,(H,21,24)(H,20,22,23). The number of anilines is 2. The minimum atomic E-state index is -4.53. The number of alkyl halides is 3. The second-order valence-corrected chi connectivity index (χ2v) is 4.91. The highest BCUT2D eigenvalue weighted by atomic mass is 19.4. The van der Waals surface area contributed by atoms with Gasteiger partial charge in [-0.2, -0.15) is 13.2 Å². The normalized spacial score (nSPS) is 11.3. The van der Waals surface area contributed by atoms with E-state index in [0.29, 0.717) is 5.69 Å². The maximum atomic E-state index is 12.7. The fraction of sp³-hybridized carbons (Fsp3) is 0.0625. The van der Waals surface area contributed by atoms with Crippen LogP contribution < -0.4 is 10.9 Å². The summed E-state index contributed by atoms with van der Waals surface area (Å²) in [6, 6.07) is 10.8. The van der Waals surface area contributed by atoms with Crippen LogP contribution in [0.4, 0.5) is 24.8 Å². The van der Waals surface area contributed by atoms with Crippen LogP contribution in [0, 0.1) is 0 Å². The lowest BCUT2D eigenvalue weighted by molar-refractivity contribution is -0.141. The number of pyridine rings is 1. The van der Waals surface area contributed by atoms with Gasteiger partial charge in [-0.25, -0.2) is 9.97 Å². The van der Waals surface area contributed by atoms with Gasteiger partial charge in [0, 0.05) is 24.1 Å². The topological polar surface area (TPSA) is 70.7 Å². The van der Waals surface area contributed by atoms with Crippen LogP contribution in [-0.2, 0) is 6.18 Å². The molecule has 2 N–H and O–H groups in total. The molecule has 0 fully saturated rings. The molecule has 1 aromatic carbocycles. The van der Waals surface area contributed by atoms with Crippen LogP contribution in [0.15, 0.2) is 59.7 Å². The molecule has 8 heteroatoms. The predicted octanol–water partition coefficient (Wildman–Crippen LogP) is 3.59. The molecule has 0 atom stereocenters. The highest BCUT2D eigenvalue weighted by Gasteiger charge is 2.32. The van der Waals surface area contributed by atoms with Crippen molar-refractivity contribution in [1.82, 2.24) is 15.0 Å². The highest BCUT2D eigenvalue weighted by molar-refractivity contribution is 5.68. The van der Waals surface area contributed by atoms with Gasteiger partial charge in [0.25, 0.3) is 0 Å². The van der Waals surface area contributed by atoms with Gasteiger partial charge in [-0.05, 0) is 35.4 Å². The van der Waals surface area contributed by atoms with E-state index in [4.69, 9.17) is 0 Å². The first-order valence-corrected chi connectivity index (χ1v) is 6.88. The third-order valence-corrected chi connectivity index (χ3v) is 3.18. The first-order chi connectivity index (χ1) is 11.4. The lowest BCUT2D eigenvalue weighted by Gasteiger charge is -2.09. The summed E-state index contributed by atoms with van der Waals surface area (Å²) >= 11 is 0. The Kier molecular flexibility index (Phi) is 4.03. The van der Waals surface area contributed by atoms with Gasteiger partial charge >= 0.3 is 6.18 Å². The zero-order valence-electron chi connectivity index (χ0n) is 12.1. The van der Waals surface area contributed by atoms with Gasteiger partial charge in [0.05, 0.1) is 0 Å². The van der Waals surface area contributed by atoms with Crippen molar-refractivity contribution in [2.75, 3.05) is 5.32 Å². The third kappa shape index (κ3) is 3.60. The summed E-state index contributed by atoms with van der Waals surface area (Å²) in [6.07, 6.45) is -1.93. The van der Waals surface area contributed by atoms with Crippen molar-refractivity contribution in [2.45, 2.75) is 6.18 Å². The zero-order valence-corrected chi connectivity index (χ0v) is 12.1. The Morgan fingerprint density at radius 3 is 2.58 bits per heavy atom. The van der Waals surface area contributed by atoms with Crippen LogP contribution >= 0.6 is 0 Å². The van der Waals surface area contributed by atoms with Crippen molar-refractivity contribution in [3.8, 4) is 11.1 Å². The molecule has 0 bridgehead atoms. The summed E-state index contributed by atoms with van der Waals surface area (Å²) in [7, 11) is 0. The average molecular weight is 332 g/mol. The average Bonchev–Trinajstić information content (AvgIpc) is 2.55. The Balaban J connectivity index is 1.88. The van der Waals surface area contributed by atoms with Crippen molar-refractivity contribution in [3.63, 3.8) is 0 Å². The minimum absolute atomic E-state index is 0.150. The lowest BCUT2D eigenvalue weighted by atomic mass is 10.1. The summed E-state index contributed by atoms with van der Waals surface area (Å²) in [6.45, 7) is 0. The van der Waals surface area contributed by atoms with Gasteiger partial charge in [-0.15, -0.1) is 0 Å². The van der Waals surface area contributed by atoms with Gasteiger partial charge in [0.1, 0.15) is 5.69 Å². The molecule has 122 valence electrons. The summed E-state index contributed by atoms with van der Waals surface area (Å²) in [5, 5.41) is 2.74. The molecule has 5 nitrogen and oxygen atoms in total. The van der Waals surface area contributed by atoms with Crippen LogP contribution in [0.25, 0.3) is 11.1 Å². The summed E-state index contributed by atoms with van der Waals surface area (Å²) in [4.78, 5) is 20.9. The molecule has 0 radical (unpaired) electrons. The van der Waals surface area contributed by atoms with E-state index in [-0.39, 0.29) is 11.5 Å². The number of hydrogen-bond donors (Lipinski definition) is 2. The molecule has 3 aromatic rings. The maximum absolute atomic E-state index is 12.7. The maximum Gasteiger partial charge on any atom is 0.433 e. The van der Waals surface area contributed by atoms with Crippen molar-refractivity contribution < 1.29 is 13.2 Å².